The highest BCUT2D eigenvalue weighted by Crippen LogP contribution is 2.33. The minimum Gasteiger partial charge on any atom is -0.493 e. The zero-order valence-electron chi connectivity index (χ0n) is 11.8. The van der Waals surface area contributed by atoms with Gasteiger partial charge in [-0.05, 0) is 43.4 Å². The Balaban J connectivity index is 2.16. The third-order valence-corrected chi connectivity index (χ3v) is 3.52. The van der Waals surface area contributed by atoms with Crippen LogP contribution in [0.4, 0.5) is 0 Å². The van der Waals surface area contributed by atoms with Crippen molar-refractivity contribution < 1.29 is 24.1 Å². The molecule has 0 radical (unpaired) electrons. The number of methoxy groups -OCH3 is 2. The van der Waals surface area contributed by atoms with Crippen molar-refractivity contribution in [1.29, 1.82) is 0 Å². The van der Waals surface area contributed by atoms with Gasteiger partial charge in [0.15, 0.2) is 17.6 Å². The summed E-state index contributed by atoms with van der Waals surface area (Å²) < 4.78 is 15.7. The molecule has 1 aliphatic rings. The number of carbonyl (C=O) groups excluding carboxylic acids is 1. The second-order valence-electron chi connectivity index (χ2n) is 4.86. The molecule has 0 heterocycles. The van der Waals surface area contributed by atoms with Gasteiger partial charge in [0.05, 0.1) is 20.3 Å². The molecule has 20 heavy (non-hydrogen) atoms. The Hall–Kier alpha value is -1.75. The van der Waals surface area contributed by atoms with Crippen molar-refractivity contribution in [2.75, 3.05) is 14.2 Å². The zero-order valence-corrected chi connectivity index (χ0v) is 11.8. The van der Waals surface area contributed by atoms with E-state index in [-0.39, 0.29) is 6.10 Å². The quantitative estimate of drug-likeness (QED) is 0.838. The maximum Gasteiger partial charge on any atom is 0.339 e. The Kier molecular flexibility index (Phi) is 4.84. The van der Waals surface area contributed by atoms with Gasteiger partial charge in [-0.1, -0.05) is 6.07 Å². The molecule has 1 aromatic carbocycles. The molecule has 5 heteroatoms. The summed E-state index contributed by atoms with van der Waals surface area (Å²) >= 11 is 0. The Labute approximate surface area is 118 Å². The van der Waals surface area contributed by atoms with Crippen LogP contribution in [-0.2, 0) is 9.53 Å². The lowest BCUT2D eigenvalue weighted by atomic mass is 10.1. The summed E-state index contributed by atoms with van der Waals surface area (Å²) in [5.74, 6) is 0.453. The fourth-order valence-corrected chi connectivity index (χ4v) is 2.39. The molecule has 0 bridgehead atoms. The summed E-state index contributed by atoms with van der Waals surface area (Å²) in [6.07, 6.45) is 3.39. The maximum absolute atomic E-state index is 11.3. The number of esters is 1. The summed E-state index contributed by atoms with van der Waals surface area (Å²) in [5, 5.41) is 9.81. The molecular weight excluding hydrogens is 260 g/mol. The molecule has 5 nitrogen and oxygen atoms in total. The average molecular weight is 280 g/mol. The van der Waals surface area contributed by atoms with Crippen LogP contribution >= 0.6 is 0 Å². The maximum atomic E-state index is 11.3. The fraction of sp³-hybridized carbons (Fsp3) is 0.533. The number of carbonyl (C=O) groups is 1. The van der Waals surface area contributed by atoms with E-state index in [9.17, 15) is 9.90 Å². The van der Waals surface area contributed by atoms with Gasteiger partial charge in [0, 0.05) is 0 Å². The van der Waals surface area contributed by atoms with Crippen LogP contribution in [0.25, 0.3) is 0 Å². The van der Waals surface area contributed by atoms with Gasteiger partial charge in [-0.15, -0.1) is 0 Å². The molecule has 0 amide bonds. The van der Waals surface area contributed by atoms with Crippen molar-refractivity contribution in [2.45, 2.75) is 37.9 Å². The highest BCUT2D eigenvalue weighted by atomic mass is 16.5. The predicted octanol–water partition coefficient (Wildman–Crippen LogP) is 2.22. The number of rotatable bonds is 5. The second-order valence-corrected chi connectivity index (χ2v) is 4.86. The van der Waals surface area contributed by atoms with Crippen LogP contribution in [-0.4, -0.2) is 31.4 Å². The Bertz CT molecular complexity index is 465. The van der Waals surface area contributed by atoms with E-state index in [0.29, 0.717) is 17.1 Å². The van der Waals surface area contributed by atoms with Gasteiger partial charge in [0.2, 0.25) is 0 Å². The standard InChI is InChI=1S/C15H20O5/c1-18-13-9-10(14(16)15(17)19-2)7-8-12(13)20-11-5-3-4-6-11/h7-9,11,14,16H,3-6H2,1-2H3. The number of hydrogen-bond acceptors (Lipinski definition) is 5. The molecule has 1 atom stereocenters. The van der Waals surface area contributed by atoms with Crippen LogP contribution < -0.4 is 9.47 Å². The second kappa shape index (κ2) is 6.61. The average Bonchev–Trinajstić information content (AvgIpc) is 2.99. The summed E-state index contributed by atoms with van der Waals surface area (Å²) in [6, 6.07) is 4.97. The third kappa shape index (κ3) is 3.22. The van der Waals surface area contributed by atoms with Crippen LogP contribution in [0.3, 0.4) is 0 Å². The van der Waals surface area contributed by atoms with E-state index in [1.807, 2.05) is 0 Å². The van der Waals surface area contributed by atoms with Crippen LogP contribution in [0.2, 0.25) is 0 Å². The lowest BCUT2D eigenvalue weighted by Gasteiger charge is -2.17. The minimum absolute atomic E-state index is 0.222. The number of aliphatic hydroxyl groups is 1. The van der Waals surface area contributed by atoms with E-state index in [2.05, 4.69) is 4.74 Å². The molecule has 1 aromatic rings. The summed E-state index contributed by atoms with van der Waals surface area (Å²) in [6.45, 7) is 0. The molecule has 1 unspecified atom stereocenters. The number of ether oxygens (including phenoxy) is 3. The Morgan fingerprint density at radius 2 is 1.95 bits per heavy atom. The molecule has 1 saturated carbocycles. The minimum atomic E-state index is -1.31. The van der Waals surface area contributed by atoms with Crippen molar-refractivity contribution in [1.82, 2.24) is 0 Å². The number of hydrogen-bond donors (Lipinski definition) is 1. The fourth-order valence-electron chi connectivity index (χ4n) is 2.39. The van der Waals surface area contributed by atoms with Crippen molar-refractivity contribution in [3.8, 4) is 11.5 Å². The van der Waals surface area contributed by atoms with Gasteiger partial charge in [0.25, 0.3) is 0 Å². The van der Waals surface area contributed by atoms with Gasteiger partial charge in [-0.2, -0.15) is 0 Å². The number of aliphatic hydroxyl groups excluding tert-OH is 1. The van der Waals surface area contributed by atoms with Gasteiger partial charge in [-0.25, -0.2) is 4.79 Å². The van der Waals surface area contributed by atoms with Crippen LogP contribution in [0.15, 0.2) is 18.2 Å². The van der Waals surface area contributed by atoms with E-state index >= 15 is 0 Å². The van der Waals surface area contributed by atoms with E-state index in [1.165, 1.54) is 27.1 Å². The topological polar surface area (TPSA) is 65.0 Å². The lowest BCUT2D eigenvalue weighted by Crippen LogP contribution is -2.14. The highest BCUT2D eigenvalue weighted by Gasteiger charge is 2.22. The van der Waals surface area contributed by atoms with Gasteiger partial charge in [-0.3, -0.25) is 0 Å². The first kappa shape index (κ1) is 14.7. The predicted molar refractivity (Wildman–Crippen MR) is 72.9 cm³/mol. The molecule has 1 N–H and O–H groups in total. The normalized spacial score (nSPS) is 16.8. The highest BCUT2D eigenvalue weighted by molar-refractivity contribution is 5.76. The third-order valence-electron chi connectivity index (χ3n) is 3.52. The molecule has 110 valence electrons. The van der Waals surface area contributed by atoms with Crippen molar-refractivity contribution in [2.24, 2.45) is 0 Å². The summed E-state index contributed by atoms with van der Waals surface area (Å²) in [5.41, 5.74) is 0.424. The Morgan fingerprint density at radius 1 is 1.25 bits per heavy atom. The van der Waals surface area contributed by atoms with Crippen LogP contribution in [0.1, 0.15) is 37.4 Å². The molecule has 2 rings (SSSR count). The van der Waals surface area contributed by atoms with Crippen LogP contribution in [0.5, 0.6) is 11.5 Å². The van der Waals surface area contributed by atoms with Crippen molar-refractivity contribution in [3.05, 3.63) is 23.8 Å². The molecular formula is C15H20O5. The smallest absolute Gasteiger partial charge is 0.339 e. The van der Waals surface area contributed by atoms with Gasteiger partial charge in [0.1, 0.15) is 0 Å². The van der Waals surface area contributed by atoms with E-state index in [0.717, 1.165) is 12.8 Å². The molecule has 1 aliphatic carbocycles. The van der Waals surface area contributed by atoms with Gasteiger partial charge < -0.3 is 19.3 Å². The van der Waals surface area contributed by atoms with Crippen LogP contribution in [0, 0.1) is 0 Å². The summed E-state index contributed by atoms with van der Waals surface area (Å²) in [7, 11) is 2.77. The molecule has 0 spiro atoms. The first-order chi connectivity index (χ1) is 9.65. The number of benzene rings is 1. The van der Waals surface area contributed by atoms with E-state index < -0.39 is 12.1 Å². The van der Waals surface area contributed by atoms with E-state index in [1.54, 1.807) is 18.2 Å². The SMILES string of the molecule is COC(=O)C(O)c1ccc(OC2CCCC2)c(OC)c1. The van der Waals surface area contributed by atoms with Crippen molar-refractivity contribution in [3.63, 3.8) is 0 Å². The molecule has 0 saturated heterocycles. The largest absolute Gasteiger partial charge is 0.493 e. The zero-order chi connectivity index (χ0) is 14.5. The Morgan fingerprint density at radius 3 is 2.55 bits per heavy atom. The van der Waals surface area contributed by atoms with Gasteiger partial charge >= 0.3 is 5.97 Å². The summed E-state index contributed by atoms with van der Waals surface area (Å²) in [4.78, 5) is 11.3. The first-order valence-corrected chi connectivity index (χ1v) is 6.76. The molecule has 0 aliphatic heterocycles. The van der Waals surface area contributed by atoms with E-state index in [4.69, 9.17) is 9.47 Å². The molecule has 0 aromatic heterocycles. The monoisotopic (exact) mass is 280 g/mol. The lowest BCUT2D eigenvalue weighted by molar-refractivity contribution is -0.150. The molecule has 1 fully saturated rings. The van der Waals surface area contributed by atoms with Crippen molar-refractivity contribution >= 4 is 5.97 Å². The first-order valence-electron chi connectivity index (χ1n) is 6.76.